The van der Waals surface area contributed by atoms with E-state index in [2.05, 4.69) is 5.32 Å². The average molecular weight is 549 g/mol. The van der Waals surface area contributed by atoms with Crippen LogP contribution in [0.2, 0.25) is 5.02 Å². The maximum absolute atomic E-state index is 13.7. The summed E-state index contributed by atoms with van der Waals surface area (Å²) in [5.74, 6) is -0.0493. The number of nitrogens with zero attached hydrogens (tertiary/aromatic N) is 1. The number of nitrogens with one attached hydrogen (secondary N) is 1. The first-order valence-electron chi connectivity index (χ1n) is 12.2. The molecule has 0 saturated carbocycles. The van der Waals surface area contributed by atoms with Crippen LogP contribution < -0.4 is 10.1 Å². The van der Waals surface area contributed by atoms with E-state index in [1.54, 1.807) is 0 Å². The molecule has 0 fully saturated rings. The summed E-state index contributed by atoms with van der Waals surface area (Å²) in [5.41, 5.74) is 2.76. The molecule has 0 unspecified atom stereocenters. The fourth-order valence-electron chi connectivity index (χ4n) is 4.16. The van der Waals surface area contributed by atoms with Gasteiger partial charge in [-0.05, 0) is 41.3 Å². The molecule has 6 nitrogen and oxygen atoms in total. The van der Waals surface area contributed by atoms with Crippen LogP contribution in [0.15, 0.2) is 114 Å². The van der Waals surface area contributed by atoms with Gasteiger partial charge in [-0.2, -0.15) is 4.31 Å². The summed E-state index contributed by atoms with van der Waals surface area (Å²) >= 11 is 6.24. The maximum Gasteiger partial charge on any atom is 0.243 e. The zero-order chi connectivity index (χ0) is 27.0. The number of ether oxygens (including phenoxy) is 1. The Morgan fingerprint density at radius 3 is 1.95 bits per heavy atom. The summed E-state index contributed by atoms with van der Waals surface area (Å²) < 4.78 is 33.8. The molecule has 0 spiro atoms. The van der Waals surface area contributed by atoms with Crippen molar-refractivity contribution in [2.45, 2.75) is 17.4 Å². The molecule has 38 heavy (non-hydrogen) atoms. The minimum absolute atomic E-state index is 0.00756. The highest BCUT2D eigenvalue weighted by molar-refractivity contribution is 7.89. The first-order valence-corrected chi connectivity index (χ1v) is 14.0. The maximum atomic E-state index is 13.7. The van der Waals surface area contributed by atoms with Crippen molar-refractivity contribution in [2.24, 2.45) is 0 Å². The summed E-state index contributed by atoms with van der Waals surface area (Å²) in [7, 11) is -2.59. The molecule has 4 aromatic rings. The summed E-state index contributed by atoms with van der Waals surface area (Å²) in [5, 5.41) is 3.22. The zero-order valence-corrected chi connectivity index (χ0v) is 22.5. The summed E-state index contributed by atoms with van der Waals surface area (Å²) in [4.78, 5) is 13.4. The first kappa shape index (κ1) is 27.4. The van der Waals surface area contributed by atoms with E-state index in [1.807, 2.05) is 91.0 Å². The molecule has 196 valence electrons. The third-order valence-electron chi connectivity index (χ3n) is 6.14. The van der Waals surface area contributed by atoms with Gasteiger partial charge in [0.05, 0.1) is 29.6 Å². The Labute approximate surface area is 228 Å². The van der Waals surface area contributed by atoms with Gasteiger partial charge in [0.25, 0.3) is 0 Å². The topological polar surface area (TPSA) is 75.7 Å². The fraction of sp³-hybridized carbons (Fsp3) is 0.167. The fourth-order valence-corrected chi connectivity index (χ4v) is 5.90. The van der Waals surface area contributed by atoms with E-state index in [-0.39, 0.29) is 23.0 Å². The van der Waals surface area contributed by atoms with Crippen LogP contribution in [0.1, 0.15) is 22.7 Å². The lowest BCUT2D eigenvalue weighted by Gasteiger charge is -2.25. The second-order valence-corrected chi connectivity index (χ2v) is 11.0. The summed E-state index contributed by atoms with van der Waals surface area (Å²) in [6.45, 7) is -0.236. The van der Waals surface area contributed by atoms with Crippen molar-refractivity contribution >= 4 is 27.5 Å². The normalized spacial score (nSPS) is 11.5. The van der Waals surface area contributed by atoms with E-state index in [1.165, 1.54) is 29.6 Å². The van der Waals surface area contributed by atoms with Gasteiger partial charge < -0.3 is 10.1 Å². The minimum Gasteiger partial charge on any atom is -0.495 e. The highest BCUT2D eigenvalue weighted by Gasteiger charge is 2.28. The van der Waals surface area contributed by atoms with Crippen LogP contribution in [0.5, 0.6) is 5.75 Å². The molecule has 1 N–H and O–H groups in total. The molecule has 1 amide bonds. The molecule has 8 heteroatoms. The molecule has 0 aliphatic heterocycles. The third-order valence-corrected chi connectivity index (χ3v) is 8.28. The minimum atomic E-state index is -4.05. The molecule has 0 aliphatic rings. The predicted octanol–water partition coefficient (Wildman–Crippen LogP) is 5.49. The van der Waals surface area contributed by atoms with Crippen LogP contribution in [0.25, 0.3) is 0 Å². The SMILES string of the molecule is COc1ccc(S(=O)(=O)N(CCc2ccccc2)CC(=O)NC(c2ccccc2)c2ccccc2)cc1Cl. The molecular weight excluding hydrogens is 520 g/mol. The summed E-state index contributed by atoms with van der Waals surface area (Å²) in [6, 6.07) is 32.6. The Kier molecular flexibility index (Phi) is 9.18. The van der Waals surface area contributed by atoms with Gasteiger partial charge >= 0.3 is 0 Å². The van der Waals surface area contributed by atoms with Crippen molar-refractivity contribution in [1.82, 2.24) is 9.62 Å². The summed E-state index contributed by atoms with van der Waals surface area (Å²) in [6.07, 6.45) is 0.442. The van der Waals surface area contributed by atoms with Crippen LogP contribution in [-0.4, -0.2) is 38.8 Å². The van der Waals surface area contributed by atoms with Gasteiger partial charge in [0.2, 0.25) is 15.9 Å². The van der Waals surface area contributed by atoms with Crippen molar-refractivity contribution in [1.29, 1.82) is 0 Å². The molecule has 0 aliphatic carbocycles. The van der Waals surface area contributed by atoms with Crippen LogP contribution in [0.4, 0.5) is 0 Å². The standard InChI is InChI=1S/C30H29ClN2O4S/c1-37-28-18-17-26(21-27(28)31)38(35,36)33(20-19-23-11-5-2-6-12-23)22-29(34)32-30(24-13-7-3-8-14-24)25-15-9-4-10-16-25/h2-18,21,30H,19-20,22H2,1H3,(H,32,34). The van der Waals surface area contributed by atoms with E-state index in [0.29, 0.717) is 12.2 Å². The van der Waals surface area contributed by atoms with Crippen molar-refractivity contribution in [3.05, 3.63) is 131 Å². The molecule has 0 bridgehead atoms. The van der Waals surface area contributed by atoms with Gasteiger partial charge in [0.15, 0.2) is 0 Å². The monoisotopic (exact) mass is 548 g/mol. The smallest absolute Gasteiger partial charge is 0.243 e. The molecule has 4 rings (SSSR count). The number of hydrogen-bond acceptors (Lipinski definition) is 4. The molecule has 0 saturated heterocycles. The van der Waals surface area contributed by atoms with Gasteiger partial charge in [-0.3, -0.25) is 4.79 Å². The number of hydrogen-bond donors (Lipinski definition) is 1. The van der Waals surface area contributed by atoms with Crippen LogP contribution in [0, 0.1) is 0 Å². The number of benzene rings is 4. The second kappa shape index (κ2) is 12.7. The van der Waals surface area contributed by atoms with Crippen molar-refractivity contribution in [2.75, 3.05) is 20.2 Å². The largest absolute Gasteiger partial charge is 0.495 e. The predicted molar refractivity (Wildman–Crippen MR) is 150 cm³/mol. The second-order valence-electron chi connectivity index (χ2n) is 8.69. The highest BCUT2D eigenvalue weighted by Crippen LogP contribution is 2.29. The van der Waals surface area contributed by atoms with Gasteiger partial charge in [0, 0.05) is 6.54 Å². The highest BCUT2D eigenvalue weighted by atomic mass is 35.5. The van der Waals surface area contributed by atoms with Gasteiger partial charge in [-0.15, -0.1) is 0 Å². The first-order chi connectivity index (χ1) is 18.4. The lowest BCUT2D eigenvalue weighted by molar-refractivity contribution is -0.121. The van der Waals surface area contributed by atoms with E-state index in [9.17, 15) is 13.2 Å². The zero-order valence-electron chi connectivity index (χ0n) is 21.0. The van der Waals surface area contributed by atoms with Gasteiger partial charge in [-0.1, -0.05) is 103 Å². The van der Waals surface area contributed by atoms with Gasteiger partial charge in [-0.25, -0.2) is 8.42 Å². The molecule has 0 atom stereocenters. The molecule has 4 aromatic carbocycles. The van der Waals surface area contributed by atoms with Crippen molar-refractivity contribution < 1.29 is 17.9 Å². The van der Waals surface area contributed by atoms with E-state index < -0.39 is 22.0 Å². The van der Waals surface area contributed by atoms with Crippen LogP contribution in [-0.2, 0) is 21.2 Å². The van der Waals surface area contributed by atoms with Crippen LogP contribution in [0.3, 0.4) is 0 Å². The van der Waals surface area contributed by atoms with E-state index >= 15 is 0 Å². The lowest BCUT2D eigenvalue weighted by atomic mass is 9.99. The Balaban J connectivity index is 1.61. The van der Waals surface area contributed by atoms with Crippen molar-refractivity contribution in [3.8, 4) is 5.75 Å². The number of amides is 1. The number of sulfonamides is 1. The van der Waals surface area contributed by atoms with E-state index in [4.69, 9.17) is 16.3 Å². The molecule has 0 heterocycles. The number of carbonyl (C=O) groups is 1. The third kappa shape index (κ3) is 6.81. The Bertz CT molecular complexity index is 1410. The Hall–Kier alpha value is -3.65. The molecule has 0 aromatic heterocycles. The number of carbonyl (C=O) groups excluding carboxylic acids is 1. The van der Waals surface area contributed by atoms with Gasteiger partial charge in [0.1, 0.15) is 5.75 Å². The van der Waals surface area contributed by atoms with E-state index in [0.717, 1.165) is 16.7 Å². The molecular formula is C30H29ClN2O4S. The number of rotatable bonds is 11. The molecule has 0 radical (unpaired) electrons. The Morgan fingerprint density at radius 1 is 0.868 bits per heavy atom. The lowest BCUT2D eigenvalue weighted by Crippen LogP contribution is -2.43. The quantitative estimate of drug-likeness (QED) is 0.269. The number of methoxy groups -OCH3 is 1. The average Bonchev–Trinajstić information content (AvgIpc) is 2.95. The Morgan fingerprint density at radius 2 is 1.42 bits per heavy atom. The number of halogens is 1. The van der Waals surface area contributed by atoms with Crippen LogP contribution >= 0.6 is 11.6 Å². The van der Waals surface area contributed by atoms with Crippen molar-refractivity contribution in [3.63, 3.8) is 0 Å².